The Bertz CT molecular complexity index is 449. The molecule has 0 N–H and O–H groups in total. The van der Waals surface area contributed by atoms with E-state index < -0.39 is 0 Å². The quantitative estimate of drug-likeness (QED) is 0.656. The van der Waals surface area contributed by atoms with Gasteiger partial charge in [0.15, 0.2) is 0 Å². The number of hydrogen-bond acceptors (Lipinski definition) is 1. The summed E-state index contributed by atoms with van der Waals surface area (Å²) in [4.78, 5) is 1.23. The van der Waals surface area contributed by atoms with E-state index in [0.717, 1.165) is 15.6 Å². The molecule has 1 heterocycles. The number of rotatable bonds is 1. The smallest absolute Gasteiger partial charge is 0.0495 e. The molecule has 1 aliphatic heterocycles. The summed E-state index contributed by atoms with van der Waals surface area (Å²) in [5.41, 5.74) is 2.41. The number of benzene rings is 1. The fraction of sp³-hybridized carbons (Fsp3) is 0.385. The van der Waals surface area contributed by atoms with Gasteiger partial charge in [-0.2, -0.15) is 0 Å². The number of halogens is 2. The molecule has 0 nitrogen and oxygen atoms in total. The van der Waals surface area contributed by atoms with E-state index in [1.165, 1.54) is 10.5 Å². The molecule has 16 heavy (non-hydrogen) atoms. The molecule has 3 heteroatoms. The maximum atomic E-state index is 6.48. The number of fused-ring (bicyclic) bond motifs is 1. The van der Waals surface area contributed by atoms with E-state index in [1.54, 1.807) is 0 Å². The fourth-order valence-electron chi connectivity index (χ4n) is 2.09. The summed E-state index contributed by atoms with van der Waals surface area (Å²) in [5, 5.41) is 2.08. The summed E-state index contributed by atoms with van der Waals surface area (Å²) in [6.07, 6.45) is 0. The molecule has 0 radical (unpaired) electrons. The molecule has 0 amide bonds. The van der Waals surface area contributed by atoms with Crippen LogP contribution < -0.4 is 0 Å². The van der Waals surface area contributed by atoms with Crippen molar-refractivity contribution in [3.8, 4) is 0 Å². The van der Waals surface area contributed by atoms with Gasteiger partial charge in [-0.05, 0) is 36.6 Å². The van der Waals surface area contributed by atoms with E-state index in [0.29, 0.717) is 11.2 Å². The van der Waals surface area contributed by atoms with Crippen molar-refractivity contribution in [2.24, 2.45) is 5.92 Å². The molecule has 1 aliphatic rings. The van der Waals surface area contributed by atoms with E-state index >= 15 is 0 Å². The zero-order valence-electron chi connectivity index (χ0n) is 9.55. The van der Waals surface area contributed by atoms with Crippen LogP contribution in [0.1, 0.15) is 26.3 Å². The first-order chi connectivity index (χ1) is 7.50. The van der Waals surface area contributed by atoms with Gasteiger partial charge < -0.3 is 0 Å². The van der Waals surface area contributed by atoms with Crippen molar-refractivity contribution in [1.29, 1.82) is 0 Å². The molecule has 2 rings (SSSR count). The van der Waals surface area contributed by atoms with Crippen LogP contribution in [0.15, 0.2) is 28.7 Å². The lowest BCUT2D eigenvalue weighted by Crippen LogP contribution is -2.13. The molecule has 1 unspecified atom stereocenters. The van der Waals surface area contributed by atoms with Crippen LogP contribution in [-0.2, 0) is 0 Å². The summed E-state index contributed by atoms with van der Waals surface area (Å²) in [6.45, 7) is 6.58. The molecule has 1 atom stereocenters. The largest absolute Gasteiger partial charge is 0.118 e. The summed E-state index contributed by atoms with van der Waals surface area (Å²) < 4.78 is 0. The van der Waals surface area contributed by atoms with Crippen molar-refractivity contribution >= 4 is 40.0 Å². The molecular formula is C13H14Cl2S. The highest BCUT2D eigenvalue weighted by molar-refractivity contribution is 8.00. The summed E-state index contributed by atoms with van der Waals surface area (Å²) in [6, 6.07) is 5.93. The molecule has 86 valence electrons. The van der Waals surface area contributed by atoms with Gasteiger partial charge in [-0.25, -0.2) is 0 Å². The maximum Gasteiger partial charge on any atom is 0.0495 e. The second-order valence-corrected chi connectivity index (χ2v) is 6.52. The van der Waals surface area contributed by atoms with Gasteiger partial charge in [0.1, 0.15) is 0 Å². The zero-order chi connectivity index (χ0) is 11.9. The SMILES string of the molecule is CC(C)C1=C(Cl)c2cc(Cl)ccc2SC1C. The second kappa shape index (κ2) is 4.64. The first kappa shape index (κ1) is 12.3. The van der Waals surface area contributed by atoms with Crippen molar-refractivity contribution in [2.75, 3.05) is 0 Å². The van der Waals surface area contributed by atoms with Crippen LogP contribution >= 0.6 is 35.0 Å². The van der Waals surface area contributed by atoms with Crippen molar-refractivity contribution in [3.63, 3.8) is 0 Å². The highest BCUT2D eigenvalue weighted by atomic mass is 35.5. The van der Waals surface area contributed by atoms with Gasteiger partial charge in [0.05, 0.1) is 0 Å². The Morgan fingerprint density at radius 3 is 2.56 bits per heavy atom. The maximum absolute atomic E-state index is 6.48. The van der Waals surface area contributed by atoms with Crippen LogP contribution in [0.3, 0.4) is 0 Å². The summed E-state index contributed by atoms with van der Waals surface area (Å²) >= 11 is 14.4. The molecule has 0 spiro atoms. The predicted molar refractivity (Wildman–Crippen MR) is 74.4 cm³/mol. The van der Waals surface area contributed by atoms with Gasteiger partial charge in [-0.3, -0.25) is 0 Å². The topological polar surface area (TPSA) is 0 Å². The minimum Gasteiger partial charge on any atom is -0.118 e. The number of thioether (sulfide) groups is 1. The molecule has 0 saturated heterocycles. The Labute approximate surface area is 111 Å². The third-order valence-electron chi connectivity index (χ3n) is 2.80. The van der Waals surface area contributed by atoms with Gasteiger partial charge in [0.2, 0.25) is 0 Å². The lowest BCUT2D eigenvalue weighted by Gasteiger charge is -2.27. The summed E-state index contributed by atoms with van der Waals surface area (Å²) in [7, 11) is 0. The minimum atomic E-state index is 0.446. The van der Waals surface area contributed by atoms with Crippen molar-refractivity contribution in [2.45, 2.75) is 30.9 Å². The Hall–Kier alpha value is -0.110. The van der Waals surface area contributed by atoms with Crippen LogP contribution in [0.2, 0.25) is 5.02 Å². The van der Waals surface area contributed by atoms with E-state index in [2.05, 4.69) is 26.8 Å². The van der Waals surface area contributed by atoms with Crippen molar-refractivity contribution in [3.05, 3.63) is 34.4 Å². The average Bonchev–Trinajstić information content (AvgIpc) is 2.19. The van der Waals surface area contributed by atoms with Crippen molar-refractivity contribution < 1.29 is 0 Å². The molecule has 0 saturated carbocycles. The highest BCUT2D eigenvalue weighted by Crippen LogP contribution is 2.46. The Kier molecular flexibility index (Phi) is 3.58. The van der Waals surface area contributed by atoms with Crippen molar-refractivity contribution in [1.82, 2.24) is 0 Å². The minimum absolute atomic E-state index is 0.446. The molecule has 0 bridgehead atoms. The number of hydrogen-bond donors (Lipinski definition) is 0. The van der Waals surface area contributed by atoms with Gasteiger partial charge in [0, 0.05) is 25.8 Å². The van der Waals surface area contributed by atoms with Crippen LogP contribution in [0.4, 0.5) is 0 Å². The van der Waals surface area contributed by atoms with E-state index in [-0.39, 0.29) is 0 Å². The Morgan fingerprint density at radius 2 is 1.94 bits per heavy atom. The van der Waals surface area contributed by atoms with E-state index in [1.807, 2.05) is 23.9 Å². The molecule has 0 aromatic heterocycles. The van der Waals surface area contributed by atoms with E-state index in [9.17, 15) is 0 Å². The average molecular weight is 273 g/mol. The standard InChI is InChI=1S/C13H14Cl2S/c1-7(2)12-8(3)16-11-5-4-9(14)6-10(11)13(12)15/h4-8H,1-3H3. The fourth-order valence-corrected chi connectivity index (χ4v) is 4.25. The summed E-state index contributed by atoms with van der Waals surface area (Å²) in [5.74, 6) is 0.474. The Balaban J connectivity index is 2.60. The molecule has 0 fully saturated rings. The normalized spacial score (nSPS) is 20.2. The van der Waals surface area contributed by atoms with Gasteiger partial charge >= 0.3 is 0 Å². The monoisotopic (exact) mass is 272 g/mol. The molecule has 0 aliphatic carbocycles. The lowest BCUT2D eigenvalue weighted by atomic mass is 9.97. The molecule has 1 aromatic rings. The first-order valence-corrected chi connectivity index (χ1v) is 7.00. The third kappa shape index (κ3) is 2.13. The van der Waals surface area contributed by atoms with Gasteiger partial charge in [-0.1, -0.05) is 37.0 Å². The van der Waals surface area contributed by atoms with Crippen LogP contribution in [0.25, 0.3) is 5.03 Å². The van der Waals surface area contributed by atoms with Crippen LogP contribution in [0, 0.1) is 5.92 Å². The first-order valence-electron chi connectivity index (χ1n) is 5.37. The van der Waals surface area contributed by atoms with Gasteiger partial charge in [-0.15, -0.1) is 11.8 Å². The zero-order valence-corrected chi connectivity index (χ0v) is 11.9. The predicted octanol–water partition coefficient (Wildman–Crippen LogP) is 5.44. The molecule has 1 aromatic carbocycles. The lowest BCUT2D eigenvalue weighted by molar-refractivity contribution is 0.741. The van der Waals surface area contributed by atoms with Crippen LogP contribution in [-0.4, -0.2) is 5.25 Å². The highest BCUT2D eigenvalue weighted by Gasteiger charge is 2.25. The van der Waals surface area contributed by atoms with Gasteiger partial charge in [0.25, 0.3) is 0 Å². The second-order valence-electron chi connectivity index (χ2n) is 4.32. The van der Waals surface area contributed by atoms with Crippen LogP contribution in [0.5, 0.6) is 0 Å². The third-order valence-corrected chi connectivity index (χ3v) is 4.67. The molecular weight excluding hydrogens is 259 g/mol. The van der Waals surface area contributed by atoms with E-state index in [4.69, 9.17) is 23.2 Å². The Morgan fingerprint density at radius 1 is 1.25 bits per heavy atom.